The van der Waals surface area contributed by atoms with Crippen molar-refractivity contribution in [2.75, 3.05) is 13.1 Å². The molecule has 0 spiro atoms. The second-order valence-corrected chi connectivity index (χ2v) is 9.36. The Morgan fingerprint density at radius 1 is 0.741 bits per heavy atom. The van der Waals surface area contributed by atoms with Crippen LogP contribution in [0.25, 0.3) is 0 Å². The molecular weight excluding hydrogens is 331 g/mol. The average Bonchev–Trinajstić information content (AvgIpc) is 3.00. The van der Waals surface area contributed by atoms with Crippen LogP contribution in [-0.2, 0) is 0 Å². The minimum Gasteiger partial charge on any atom is -0.346 e. The van der Waals surface area contributed by atoms with Gasteiger partial charge in [-0.3, -0.25) is 5.10 Å². The van der Waals surface area contributed by atoms with Crippen molar-refractivity contribution in [3.63, 3.8) is 0 Å². The first-order valence-electron chi connectivity index (χ1n) is 11.9. The molecule has 1 aromatic rings. The highest BCUT2D eigenvalue weighted by molar-refractivity contribution is 6.34. The average molecular weight is 369 g/mol. The second-order valence-electron chi connectivity index (χ2n) is 9.36. The van der Waals surface area contributed by atoms with Crippen LogP contribution in [0.4, 0.5) is 0 Å². The molecule has 5 heteroatoms. The second kappa shape index (κ2) is 10.1. The van der Waals surface area contributed by atoms with E-state index in [0.717, 1.165) is 18.2 Å². The van der Waals surface area contributed by atoms with Crippen molar-refractivity contribution in [1.29, 1.82) is 0 Å². The number of H-pyrrole nitrogens is 1. The summed E-state index contributed by atoms with van der Waals surface area (Å²) in [5.41, 5.74) is 0. The largest absolute Gasteiger partial charge is 0.346 e. The van der Waals surface area contributed by atoms with Crippen LogP contribution in [0.15, 0.2) is 0 Å². The molecule has 0 bridgehead atoms. The minimum absolute atomic E-state index is 0.513. The van der Waals surface area contributed by atoms with Gasteiger partial charge >= 0.3 is 0 Å². The lowest BCUT2D eigenvalue weighted by molar-refractivity contribution is 0.312. The number of rotatable bonds is 4. The third-order valence-corrected chi connectivity index (χ3v) is 7.15. The predicted molar refractivity (Wildman–Crippen MR) is 112 cm³/mol. The van der Waals surface area contributed by atoms with E-state index in [0.29, 0.717) is 11.8 Å². The molecule has 2 saturated carbocycles. The summed E-state index contributed by atoms with van der Waals surface area (Å²) >= 11 is 0. The zero-order valence-corrected chi connectivity index (χ0v) is 17.2. The fraction of sp³-hybridized carbons (Fsp3) is 0.909. The van der Waals surface area contributed by atoms with Crippen molar-refractivity contribution < 1.29 is 0 Å². The number of hydrogen-bond donors (Lipinski definition) is 1. The van der Waals surface area contributed by atoms with Crippen LogP contribution in [0.3, 0.4) is 0 Å². The maximum Gasteiger partial charge on any atom is 0.211 e. The molecule has 149 valence electrons. The lowest BCUT2D eigenvalue weighted by atomic mass is 9.68. The zero-order chi connectivity index (χ0) is 18.3. The summed E-state index contributed by atoms with van der Waals surface area (Å²) in [6.07, 6.45) is 20.5. The third-order valence-electron chi connectivity index (χ3n) is 7.15. The molecular formula is C22H38BN4. The van der Waals surface area contributed by atoms with Crippen LogP contribution in [0.2, 0.25) is 5.82 Å². The number of nitrogens with one attached hydrogen (secondary N) is 1. The summed E-state index contributed by atoms with van der Waals surface area (Å²) in [6.45, 7) is 2.35. The van der Waals surface area contributed by atoms with Crippen molar-refractivity contribution >= 4 is 7.41 Å². The molecule has 27 heavy (non-hydrogen) atoms. The van der Waals surface area contributed by atoms with Gasteiger partial charge in [-0.25, -0.2) is 4.98 Å². The van der Waals surface area contributed by atoms with E-state index < -0.39 is 0 Å². The Balaban J connectivity index is 1.33. The summed E-state index contributed by atoms with van der Waals surface area (Å²) in [7, 11) is 2.58. The number of nitrogens with zero attached hydrogens (tertiary/aromatic N) is 3. The standard InChI is InChI=1S/C22H38BN4/c1-2-6-11-18(12-7-3-1)21-24-22(26-25-21)19-13-10-16-27(17-19)23-20-14-8-4-5-9-15-20/h18-20H,1-17H2,(H,24,25,26). The van der Waals surface area contributed by atoms with Gasteiger partial charge in [-0.1, -0.05) is 76.4 Å². The van der Waals surface area contributed by atoms with Gasteiger partial charge in [0.2, 0.25) is 7.41 Å². The molecule has 3 fully saturated rings. The van der Waals surface area contributed by atoms with Crippen molar-refractivity contribution in [3.8, 4) is 0 Å². The molecule has 0 amide bonds. The fourth-order valence-corrected chi connectivity index (χ4v) is 5.49. The Kier molecular flexibility index (Phi) is 7.28. The molecule has 4 rings (SSSR count). The molecule has 1 aliphatic heterocycles. The molecule has 3 aliphatic rings. The maximum absolute atomic E-state index is 5.02. The van der Waals surface area contributed by atoms with Crippen LogP contribution >= 0.6 is 0 Å². The number of piperidine rings is 1. The molecule has 1 atom stereocenters. The topological polar surface area (TPSA) is 44.8 Å². The van der Waals surface area contributed by atoms with E-state index in [1.165, 1.54) is 109 Å². The Morgan fingerprint density at radius 3 is 2.11 bits per heavy atom. The molecule has 1 N–H and O–H groups in total. The Hall–Kier alpha value is -0.835. The van der Waals surface area contributed by atoms with Crippen LogP contribution in [-0.4, -0.2) is 40.5 Å². The molecule has 1 aromatic heterocycles. The third kappa shape index (κ3) is 5.59. The van der Waals surface area contributed by atoms with Crippen LogP contribution in [0.1, 0.15) is 120 Å². The van der Waals surface area contributed by atoms with Crippen molar-refractivity contribution in [1.82, 2.24) is 20.0 Å². The molecule has 1 unspecified atom stereocenters. The van der Waals surface area contributed by atoms with E-state index in [1.807, 2.05) is 0 Å². The van der Waals surface area contributed by atoms with Gasteiger partial charge in [0, 0.05) is 11.8 Å². The van der Waals surface area contributed by atoms with E-state index in [-0.39, 0.29) is 0 Å². The molecule has 4 nitrogen and oxygen atoms in total. The smallest absolute Gasteiger partial charge is 0.211 e. The maximum atomic E-state index is 5.02. The van der Waals surface area contributed by atoms with E-state index in [9.17, 15) is 0 Å². The van der Waals surface area contributed by atoms with Crippen LogP contribution < -0.4 is 0 Å². The van der Waals surface area contributed by atoms with Crippen molar-refractivity contribution in [3.05, 3.63) is 11.6 Å². The summed E-state index contributed by atoms with van der Waals surface area (Å²) in [5, 5.41) is 8.02. The van der Waals surface area contributed by atoms with Gasteiger partial charge in [0.05, 0.1) is 0 Å². The number of hydrogen-bond acceptors (Lipinski definition) is 3. The zero-order valence-electron chi connectivity index (χ0n) is 17.2. The van der Waals surface area contributed by atoms with Crippen molar-refractivity contribution in [2.24, 2.45) is 0 Å². The van der Waals surface area contributed by atoms with Gasteiger partial charge in [0.25, 0.3) is 0 Å². The van der Waals surface area contributed by atoms with E-state index in [2.05, 4.69) is 22.4 Å². The summed E-state index contributed by atoms with van der Waals surface area (Å²) in [4.78, 5) is 7.63. The van der Waals surface area contributed by atoms with Crippen LogP contribution in [0.5, 0.6) is 0 Å². The molecule has 1 saturated heterocycles. The summed E-state index contributed by atoms with van der Waals surface area (Å²) in [5.74, 6) is 4.20. The van der Waals surface area contributed by atoms with Gasteiger partial charge in [-0.05, 0) is 38.8 Å². The normalized spacial score (nSPS) is 27.6. The Labute approximate surface area is 166 Å². The SMILES string of the molecule is [B](C1CCCCCC1)N1CCCC(c2n[nH]c(C3CCCCCCC3)n2)C1. The monoisotopic (exact) mass is 369 g/mol. The fourth-order valence-electron chi connectivity index (χ4n) is 5.49. The summed E-state index contributed by atoms with van der Waals surface area (Å²) < 4.78 is 0. The quantitative estimate of drug-likeness (QED) is 0.557. The van der Waals surface area contributed by atoms with Gasteiger partial charge in [-0.15, -0.1) is 0 Å². The van der Waals surface area contributed by atoms with Crippen LogP contribution in [0, 0.1) is 0 Å². The van der Waals surface area contributed by atoms with E-state index in [4.69, 9.17) is 4.98 Å². The molecule has 1 radical (unpaired) electrons. The van der Waals surface area contributed by atoms with E-state index >= 15 is 0 Å². The highest BCUT2D eigenvalue weighted by atomic mass is 15.2. The first kappa shape index (κ1) is 19.5. The Bertz CT molecular complexity index is 544. The molecule has 2 heterocycles. The number of aromatic nitrogens is 3. The van der Waals surface area contributed by atoms with Gasteiger partial charge in [0.15, 0.2) is 5.82 Å². The molecule has 0 aromatic carbocycles. The lowest BCUT2D eigenvalue weighted by Gasteiger charge is -2.33. The minimum atomic E-state index is 0.513. The highest BCUT2D eigenvalue weighted by Crippen LogP contribution is 2.32. The number of aromatic amines is 1. The van der Waals surface area contributed by atoms with Gasteiger partial charge in [0.1, 0.15) is 5.82 Å². The first-order chi connectivity index (χ1) is 13.4. The Morgan fingerprint density at radius 2 is 1.37 bits per heavy atom. The van der Waals surface area contributed by atoms with Gasteiger partial charge in [-0.2, -0.15) is 5.10 Å². The van der Waals surface area contributed by atoms with Crippen molar-refractivity contribution in [2.45, 2.75) is 114 Å². The van der Waals surface area contributed by atoms with Gasteiger partial charge < -0.3 is 4.81 Å². The van der Waals surface area contributed by atoms with E-state index in [1.54, 1.807) is 0 Å². The summed E-state index contributed by atoms with van der Waals surface area (Å²) in [6, 6.07) is 0. The molecule has 2 aliphatic carbocycles. The lowest BCUT2D eigenvalue weighted by Crippen LogP contribution is -2.39. The predicted octanol–water partition coefficient (Wildman–Crippen LogP) is 5.57. The first-order valence-corrected chi connectivity index (χ1v) is 11.9. The highest BCUT2D eigenvalue weighted by Gasteiger charge is 2.28.